The van der Waals surface area contributed by atoms with Gasteiger partial charge in [0.1, 0.15) is 6.04 Å². The third-order valence-corrected chi connectivity index (χ3v) is 3.87. The van der Waals surface area contributed by atoms with Crippen LogP contribution in [0.4, 0.5) is 5.69 Å². The molecule has 1 aliphatic rings. The number of benzene rings is 2. The Balaban J connectivity index is 1.82. The number of amides is 2. The summed E-state index contributed by atoms with van der Waals surface area (Å²) < 4.78 is 0. The Morgan fingerprint density at radius 2 is 1.77 bits per heavy atom. The van der Waals surface area contributed by atoms with Crippen molar-refractivity contribution in [2.24, 2.45) is 0 Å². The third kappa shape index (κ3) is 2.72. The van der Waals surface area contributed by atoms with Crippen LogP contribution in [0.25, 0.3) is 0 Å². The standard InChI is InChI=1S/C18H18N2O2/c1-13(21)19-17-15-9-5-6-10-16(15)20(18(17)22)12-11-14-7-3-2-4-8-14/h2-10,17H,11-12H2,1H3,(H,19,21)/t17-/m0/s1. The second kappa shape index (κ2) is 6.02. The molecule has 3 rings (SSSR count). The van der Waals surface area contributed by atoms with Gasteiger partial charge in [-0.05, 0) is 18.1 Å². The molecule has 2 amide bonds. The van der Waals surface area contributed by atoms with Crippen LogP contribution in [0.15, 0.2) is 54.6 Å². The highest BCUT2D eigenvalue weighted by Gasteiger charge is 2.37. The van der Waals surface area contributed by atoms with Crippen molar-refractivity contribution in [2.75, 3.05) is 11.4 Å². The fourth-order valence-corrected chi connectivity index (χ4v) is 2.84. The van der Waals surface area contributed by atoms with Gasteiger partial charge in [0.25, 0.3) is 5.91 Å². The number of hydrogen-bond donors (Lipinski definition) is 1. The molecule has 2 aromatic carbocycles. The van der Waals surface area contributed by atoms with Gasteiger partial charge in [0, 0.05) is 24.7 Å². The van der Waals surface area contributed by atoms with Crippen LogP contribution < -0.4 is 10.2 Å². The summed E-state index contributed by atoms with van der Waals surface area (Å²) in [5, 5.41) is 2.75. The molecule has 22 heavy (non-hydrogen) atoms. The predicted molar refractivity (Wildman–Crippen MR) is 85.5 cm³/mol. The lowest BCUT2D eigenvalue weighted by molar-refractivity contribution is -0.126. The Bertz CT molecular complexity index is 697. The van der Waals surface area contributed by atoms with E-state index in [2.05, 4.69) is 17.4 Å². The maximum Gasteiger partial charge on any atom is 0.254 e. The van der Waals surface area contributed by atoms with E-state index in [-0.39, 0.29) is 11.8 Å². The van der Waals surface area contributed by atoms with Gasteiger partial charge in [-0.2, -0.15) is 0 Å². The zero-order valence-corrected chi connectivity index (χ0v) is 12.5. The maximum absolute atomic E-state index is 12.6. The lowest BCUT2D eigenvalue weighted by Gasteiger charge is -2.18. The van der Waals surface area contributed by atoms with Gasteiger partial charge in [0.15, 0.2) is 0 Å². The molecule has 0 fully saturated rings. The number of carbonyl (C=O) groups excluding carboxylic acids is 2. The Morgan fingerprint density at radius 1 is 1.09 bits per heavy atom. The van der Waals surface area contributed by atoms with E-state index in [0.29, 0.717) is 6.54 Å². The van der Waals surface area contributed by atoms with Gasteiger partial charge in [-0.3, -0.25) is 9.59 Å². The van der Waals surface area contributed by atoms with Gasteiger partial charge < -0.3 is 10.2 Å². The highest BCUT2D eigenvalue weighted by Crippen LogP contribution is 2.35. The van der Waals surface area contributed by atoms with Gasteiger partial charge in [-0.25, -0.2) is 0 Å². The second-order valence-electron chi connectivity index (χ2n) is 5.42. The van der Waals surface area contributed by atoms with Crippen LogP contribution in [0.5, 0.6) is 0 Å². The Morgan fingerprint density at radius 3 is 2.50 bits per heavy atom. The minimum absolute atomic E-state index is 0.0627. The molecule has 2 aromatic rings. The molecule has 0 bridgehead atoms. The van der Waals surface area contributed by atoms with Crippen molar-refractivity contribution in [2.45, 2.75) is 19.4 Å². The fraction of sp³-hybridized carbons (Fsp3) is 0.222. The van der Waals surface area contributed by atoms with E-state index in [9.17, 15) is 9.59 Å². The lowest BCUT2D eigenvalue weighted by Crippen LogP contribution is -2.37. The summed E-state index contributed by atoms with van der Waals surface area (Å²) in [4.78, 5) is 25.8. The number of para-hydroxylation sites is 1. The van der Waals surface area contributed by atoms with Gasteiger partial charge >= 0.3 is 0 Å². The molecular weight excluding hydrogens is 276 g/mol. The molecule has 0 aliphatic carbocycles. The summed E-state index contributed by atoms with van der Waals surface area (Å²) in [6, 6.07) is 17.1. The van der Waals surface area contributed by atoms with Crippen molar-refractivity contribution in [1.82, 2.24) is 5.32 Å². The number of carbonyl (C=O) groups is 2. The zero-order chi connectivity index (χ0) is 15.5. The number of nitrogens with one attached hydrogen (secondary N) is 1. The van der Waals surface area contributed by atoms with Gasteiger partial charge in [0.05, 0.1) is 0 Å². The topological polar surface area (TPSA) is 49.4 Å². The average Bonchev–Trinajstić information content (AvgIpc) is 2.78. The van der Waals surface area contributed by atoms with E-state index in [1.165, 1.54) is 12.5 Å². The molecule has 0 aromatic heterocycles. The van der Waals surface area contributed by atoms with Crippen LogP contribution in [-0.4, -0.2) is 18.4 Å². The molecule has 1 atom stereocenters. The highest BCUT2D eigenvalue weighted by molar-refractivity contribution is 6.06. The van der Waals surface area contributed by atoms with Crippen molar-refractivity contribution < 1.29 is 9.59 Å². The molecule has 0 radical (unpaired) electrons. The lowest BCUT2D eigenvalue weighted by atomic mass is 10.1. The molecule has 4 nitrogen and oxygen atoms in total. The van der Waals surface area contributed by atoms with E-state index < -0.39 is 6.04 Å². The SMILES string of the molecule is CC(=O)N[C@@H]1C(=O)N(CCc2ccccc2)c2ccccc21. The van der Waals surface area contributed by atoms with E-state index >= 15 is 0 Å². The quantitative estimate of drug-likeness (QED) is 0.941. The minimum atomic E-state index is -0.565. The number of hydrogen-bond acceptors (Lipinski definition) is 2. The predicted octanol–water partition coefficient (Wildman–Crippen LogP) is 2.45. The van der Waals surface area contributed by atoms with Crippen LogP contribution in [0.2, 0.25) is 0 Å². The molecule has 112 valence electrons. The zero-order valence-electron chi connectivity index (χ0n) is 12.5. The molecular formula is C18H18N2O2. The average molecular weight is 294 g/mol. The van der Waals surface area contributed by atoms with Crippen molar-refractivity contribution >= 4 is 17.5 Å². The monoisotopic (exact) mass is 294 g/mol. The minimum Gasteiger partial charge on any atom is -0.341 e. The third-order valence-electron chi connectivity index (χ3n) is 3.87. The smallest absolute Gasteiger partial charge is 0.254 e. The number of anilines is 1. The first-order valence-electron chi connectivity index (χ1n) is 7.38. The summed E-state index contributed by atoms with van der Waals surface area (Å²) in [6.45, 7) is 2.04. The first kappa shape index (κ1) is 14.3. The van der Waals surface area contributed by atoms with E-state index in [4.69, 9.17) is 0 Å². The van der Waals surface area contributed by atoms with Crippen LogP contribution in [0, 0.1) is 0 Å². The Kier molecular flexibility index (Phi) is 3.92. The second-order valence-corrected chi connectivity index (χ2v) is 5.42. The van der Waals surface area contributed by atoms with Crippen LogP contribution in [0.3, 0.4) is 0 Å². The van der Waals surface area contributed by atoms with Crippen molar-refractivity contribution in [1.29, 1.82) is 0 Å². The summed E-state index contributed by atoms with van der Waals surface area (Å²) in [6.07, 6.45) is 0.785. The molecule has 1 N–H and O–H groups in total. The highest BCUT2D eigenvalue weighted by atomic mass is 16.2. The fourth-order valence-electron chi connectivity index (χ4n) is 2.84. The normalized spacial score (nSPS) is 16.5. The maximum atomic E-state index is 12.6. The molecule has 0 unspecified atom stereocenters. The summed E-state index contributed by atoms with van der Waals surface area (Å²) in [5.41, 5.74) is 2.95. The molecule has 0 spiro atoms. The van der Waals surface area contributed by atoms with E-state index in [1.54, 1.807) is 4.90 Å². The van der Waals surface area contributed by atoms with E-state index in [1.807, 2.05) is 42.5 Å². The summed E-state index contributed by atoms with van der Waals surface area (Å²) >= 11 is 0. The summed E-state index contributed by atoms with van der Waals surface area (Å²) in [5.74, 6) is -0.259. The molecule has 0 saturated carbocycles. The van der Waals surface area contributed by atoms with Gasteiger partial charge in [-0.1, -0.05) is 48.5 Å². The largest absolute Gasteiger partial charge is 0.341 e. The van der Waals surface area contributed by atoms with Crippen LogP contribution >= 0.6 is 0 Å². The first-order chi connectivity index (χ1) is 10.7. The van der Waals surface area contributed by atoms with E-state index in [0.717, 1.165) is 17.7 Å². The first-order valence-corrected chi connectivity index (χ1v) is 7.38. The molecule has 4 heteroatoms. The van der Waals surface area contributed by atoms with Crippen molar-refractivity contribution in [3.05, 3.63) is 65.7 Å². The van der Waals surface area contributed by atoms with Crippen LogP contribution in [0.1, 0.15) is 24.1 Å². The Labute approximate surface area is 129 Å². The van der Waals surface area contributed by atoms with Gasteiger partial charge in [0.2, 0.25) is 5.91 Å². The molecule has 1 heterocycles. The van der Waals surface area contributed by atoms with Gasteiger partial charge in [-0.15, -0.1) is 0 Å². The number of fused-ring (bicyclic) bond motifs is 1. The molecule has 0 saturated heterocycles. The summed E-state index contributed by atoms with van der Waals surface area (Å²) in [7, 11) is 0. The Hall–Kier alpha value is -2.62. The van der Waals surface area contributed by atoms with Crippen LogP contribution in [-0.2, 0) is 16.0 Å². The van der Waals surface area contributed by atoms with Crippen molar-refractivity contribution in [3.63, 3.8) is 0 Å². The number of rotatable bonds is 4. The molecule has 1 aliphatic heterocycles. The van der Waals surface area contributed by atoms with Crippen molar-refractivity contribution in [3.8, 4) is 0 Å². The number of nitrogens with zero attached hydrogens (tertiary/aromatic N) is 1.